The molecule has 3 aromatic rings. The van der Waals surface area contributed by atoms with Gasteiger partial charge in [-0.15, -0.1) is 48.6 Å². The van der Waals surface area contributed by atoms with Gasteiger partial charge in [0.15, 0.2) is 0 Å². The molecule has 0 bridgehead atoms. The Labute approximate surface area is 239 Å². The molecule has 198 valence electrons. The van der Waals surface area contributed by atoms with Crippen LogP contribution in [0.4, 0.5) is 5.95 Å². The molecule has 3 heterocycles. The molecule has 2 fully saturated rings. The number of nitrogens with zero attached hydrogens (tertiary/aromatic N) is 4. The molecule has 2 N–H and O–H groups in total. The molecule has 1 aliphatic carbocycles. The first-order valence-corrected chi connectivity index (χ1v) is 12.8. The van der Waals surface area contributed by atoms with Crippen molar-refractivity contribution < 1.29 is 4.79 Å². The van der Waals surface area contributed by atoms with Gasteiger partial charge in [0.2, 0.25) is 5.95 Å². The van der Waals surface area contributed by atoms with Crippen molar-refractivity contribution in [3.05, 3.63) is 41.0 Å². The smallest absolute Gasteiger partial charge is 0.251 e. The van der Waals surface area contributed by atoms with Gasteiger partial charge in [-0.25, -0.2) is 9.97 Å². The highest BCUT2D eigenvalue weighted by Crippen LogP contribution is 2.36. The Kier molecular flexibility index (Phi) is 12.0. The first kappa shape index (κ1) is 30.8. The van der Waals surface area contributed by atoms with Crippen LogP contribution < -0.4 is 10.6 Å². The molecule has 0 radical (unpaired) electrons. The largest absolute Gasteiger partial charge is 0.354 e. The first-order chi connectivity index (χ1) is 16.0. The molecule has 5 rings (SSSR count). The Morgan fingerprint density at radius 3 is 2.61 bits per heavy atom. The van der Waals surface area contributed by atoms with E-state index in [9.17, 15) is 4.79 Å². The minimum absolute atomic E-state index is 0. The van der Waals surface area contributed by atoms with Gasteiger partial charge in [0.25, 0.3) is 5.91 Å². The van der Waals surface area contributed by atoms with Crippen LogP contribution in [0.15, 0.2) is 30.5 Å². The number of piperazine rings is 1. The molecule has 0 atom stereocenters. The van der Waals surface area contributed by atoms with E-state index in [0.717, 1.165) is 79.2 Å². The zero-order chi connectivity index (χ0) is 22.8. The zero-order valence-electron chi connectivity index (χ0n) is 20.0. The summed E-state index contributed by atoms with van der Waals surface area (Å²) in [5.41, 5.74) is 1.41. The molecule has 12 heteroatoms. The third kappa shape index (κ3) is 7.81. The van der Waals surface area contributed by atoms with Crippen molar-refractivity contribution in [2.24, 2.45) is 0 Å². The maximum Gasteiger partial charge on any atom is 0.251 e. The van der Waals surface area contributed by atoms with Gasteiger partial charge < -0.3 is 20.4 Å². The molecule has 1 saturated heterocycles. The number of amides is 1. The minimum Gasteiger partial charge on any atom is -0.354 e. The number of fused-ring (bicyclic) bond motifs is 1. The Bertz CT molecular complexity index is 1150. The van der Waals surface area contributed by atoms with Crippen LogP contribution in [-0.4, -0.2) is 78.0 Å². The van der Waals surface area contributed by atoms with Crippen molar-refractivity contribution in [3.8, 4) is 10.6 Å². The molecule has 1 amide bonds. The van der Waals surface area contributed by atoms with Crippen LogP contribution in [0.2, 0.25) is 5.02 Å². The van der Waals surface area contributed by atoms with Gasteiger partial charge in [-0.1, -0.05) is 17.7 Å². The van der Waals surface area contributed by atoms with Crippen LogP contribution in [0.3, 0.4) is 0 Å². The fourth-order valence-electron chi connectivity index (χ4n) is 3.98. The molecular weight excluding hydrogens is 562 g/mol. The molecule has 2 aliphatic rings. The SMILES string of the molecule is CN1CCN(CCCNc2ncc(Cl)c(-c3cc4ccc(C(=O)NC5CC5)cc4s3)n2)CC1.Cl.Cl.Cl. The summed E-state index contributed by atoms with van der Waals surface area (Å²) in [7, 11) is 2.18. The minimum atomic E-state index is -0.00233. The topological polar surface area (TPSA) is 73.4 Å². The van der Waals surface area contributed by atoms with E-state index in [4.69, 9.17) is 16.6 Å². The van der Waals surface area contributed by atoms with Crippen molar-refractivity contribution >= 4 is 82.1 Å². The number of hydrogen-bond donors (Lipinski definition) is 2. The molecule has 1 aliphatic heterocycles. The van der Waals surface area contributed by atoms with Gasteiger partial charge in [0.05, 0.1) is 16.1 Å². The molecule has 0 unspecified atom stereocenters. The van der Waals surface area contributed by atoms with Crippen LogP contribution in [0.1, 0.15) is 29.6 Å². The highest BCUT2D eigenvalue weighted by molar-refractivity contribution is 7.22. The first-order valence-electron chi connectivity index (χ1n) is 11.6. The number of likely N-dealkylation sites (N-methyl/N-ethyl adjacent to an activating group) is 1. The number of nitrogens with one attached hydrogen (secondary N) is 2. The van der Waals surface area contributed by atoms with E-state index >= 15 is 0 Å². The molecule has 2 aromatic heterocycles. The van der Waals surface area contributed by atoms with Gasteiger partial charge in [-0.05, 0) is 56.4 Å². The molecule has 36 heavy (non-hydrogen) atoms. The predicted molar refractivity (Wildman–Crippen MR) is 157 cm³/mol. The summed E-state index contributed by atoms with van der Waals surface area (Å²) in [5.74, 6) is 0.590. The van der Waals surface area contributed by atoms with Crippen LogP contribution in [0.5, 0.6) is 0 Å². The van der Waals surface area contributed by atoms with E-state index in [0.29, 0.717) is 22.6 Å². The molecule has 0 spiro atoms. The van der Waals surface area contributed by atoms with E-state index in [1.807, 2.05) is 18.2 Å². The predicted octanol–water partition coefficient (Wildman–Crippen LogP) is 5.22. The number of hydrogen-bond acceptors (Lipinski definition) is 7. The number of aromatic nitrogens is 2. The molecule has 7 nitrogen and oxygen atoms in total. The second-order valence-corrected chi connectivity index (χ2v) is 10.4. The number of rotatable bonds is 8. The van der Waals surface area contributed by atoms with Crippen LogP contribution in [-0.2, 0) is 0 Å². The summed E-state index contributed by atoms with van der Waals surface area (Å²) in [6.07, 6.45) is 4.86. The Morgan fingerprint density at radius 2 is 1.89 bits per heavy atom. The van der Waals surface area contributed by atoms with E-state index < -0.39 is 0 Å². The summed E-state index contributed by atoms with van der Waals surface area (Å²) in [5, 5.41) is 8.00. The standard InChI is InChI=1S/C24H29ClN6OS.3ClH/c1-30-9-11-31(12-10-30)8-2-7-26-24-27-15-19(25)22(29-24)21-13-16-3-4-17(14-20(16)33-21)23(32)28-18-5-6-18;;;/h3-4,13-15,18H,2,5-12H2,1H3,(H,28,32)(H,26,27,29);3*1H. The van der Waals surface area contributed by atoms with Crippen LogP contribution in [0.25, 0.3) is 20.7 Å². The number of anilines is 1. The van der Waals surface area contributed by atoms with Crippen molar-refractivity contribution in [3.63, 3.8) is 0 Å². The summed E-state index contributed by atoms with van der Waals surface area (Å²) >= 11 is 8.05. The monoisotopic (exact) mass is 592 g/mol. The van der Waals surface area contributed by atoms with E-state index in [-0.39, 0.29) is 43.1 Å². The average molecular weight is 594 g/mol. The third-order valence-corrected chi connectivity index (χ3v) is 7.58. The quantitative estimate of drug-likeness (QED) is 0.349. The van der Waals surface area contributed by atoms with E-state index in [1.54, 1.807) is 17.5 Å². The van der Waals surface area contributed by atoms with Crippen molar-refractivity contribution in [1.29, 1.82) is 0 Å². The average Bonchev–Trinajstić information content (AvgIpc) is 3.53. The highest BCUT2D eigenvalue weighted by atomic mass is 35.5. The number of halogens is 4. The lowest BCUT2D eigenvalue weighted by Crippen LogP contribution is -2.44. The lowest BCUT2D eigenvalue weighted by Gasteiger charge is -2.32. The number of carbonyl (C=O) groups excluding carboxylic acids is 1. The van der Waals surface area contributed by atoms with Crippen molar-refractivity contribution in [2.45, 2.75) is 25.3 Å². The fraction of sp³-hybridized carbons (Fsp3) is 0.458. The molecular formula is C24H32Cl4N6OS. The lowest BCUT2D eigenvalue weighted by molar-refractivity contribution is 0.0951. The third-order valence-electron chi connectivity index (χ3n) is 6.20. The maximum absolute atomic E-state index is 12.4. The Balaban J connectivity index is 0.00000152. The zero-order valence-corrected chi connectivity index (χ0v) is 24.1. The molecule has 1 aromatic carbocycles. The second kappa shape index (κ2) is 14.0. The second-order valence-electron chi connectivity index (χ2n) is 8.93. The normalized spacial score (nSPS) is 15.9. The summed E-state index contributed by atoms with van der Waals surface area (Å²) in [6, 6.07) is 8.25. The maximum atomic E-state index is 12.4. The number of benzene rings is 1. The lowest BCUT2D eigenvalue weighted by atomic mass is 10.1. The Morgan fingerprint density at radius 1 is 1.14 bits per heavy atom. The fourth-order valence-corrected chi connectivity index (χ4v) is 5.34. The summed E-state index contributed by atoms with van der Waals surface area (Å²) in [4.78, 5) is 27.3. The number of carbonyl (C=O) groups is 1. The van der Waals surface area contributed by atoms with Crippen molar-refractivity contribution in [1.82, 2.24) is 25.1 Å². The molecule has 1 saturated carbocycles. The Hall–Kier alpha value is -1.39. The highest BCUT2D eigenvalue weighted by Gasteiger charge is 2.24. The van der Waals surface area contributed by atoms with E-state index in [1.165, 1.54) is 0 Å². The van der Waals surface area contributed by atoms with Gasteiger partial charge in [-0.3, -0.25) is 4.79 Å². The van der Waals surface area contributed by atoms with Crippen LogP contribution in [0, 0.1) is 0 Å². The summed E-state index contributed by atoms with van der Waals surface area (Å²) < 4.78 is 1.05. The van der Waals surface area contributed by atoms with E-state index in [2.05, 4.69) is 38.5 Å². The van der Waals surface area contributed by atoms with Gasteiger partial charge in [-0.2, -0.15) is 0 Å². The van der Waals surface area contributed by atoms with Crippen molar-refractivity contribution in [2.75, 3.05) is 51.6 Å². The van der Waals surface area contributed by atoms with Gasteiger partial charge in [0.1, 0.15) is 5.69 Å². The van der Waals surface area contributed by atoms with Crippen LogP contribution >= 0.6 is 60.2 Å². The number of thiophene rings is 1. The van der Waals surface area contributed by atoms with Gasteiger partial charge in [0, 0.05) is 49.0 Å². The summed E-state index contributed by atoms with van der Waals surface area (Å²) in [6.45, 7) is 6.44. The van der Waals surface area contributed by atoms with Gasteiger partial charge >= 0.3 is 0 Å².